The molecular weight excluding hydrogens is 408 g/mol. The number of methoxy groups -OCH3 is 1. The van der Waals surface area contributed by atoms with Crippen LogP contribution in [0.4, 0.5) is 8.78 Å². The number of carbonyl (C=O) groups is 1. The highest BCUT2D eigenvalue weighted by atomic mass is 19.3. The minimum absolute atomic E-state index is 0.0686. The van der Waals surface area contributed by atoms with Crippen molar-refractivity contribution in [3.63, 3.8) is 0 Å². The van der Waals surface area contributed by atoms with Gasteiger partial charge in [0.1, 0.15) is 0 Å². The van der Waals surface area contributed by atoms with Crippen molar-refractivity contribution in [1.82, 2.24) is 5.32 Å². The number of halogens is 2. The lowest BCUT2D eigenvalue weighted by molar-refractivity contribution is -0.116. The Morgan fingerprint density at radius 3 is 2.39 bits per heavy atom. The molecule has 2 aromatic rings. The summed E-state index contributed by atoms with van der Waals surface area (Å²) in [4.78, 5) is 12.1. The molecule has 0 aliphatic heterocycles. The van der Waals surface area contributed by atoms with Crippen molar-refractivity contribution in [3.8, 4) is 23.0 Å². The fourth-order valence-corrected chi connectivity index (χ4v) is 2.79. The molecule has 0 bridgehead atoms. The van der Waals surface area contributed by atoms with Crippen LogP contribution < -0.4 is 24.3 Å². The number of benzene rings is 2. The van der Waals surface area contributed by atoms with E-state index in [-0.39, 0.29) is 17.4 Å². The normalized spacial score (nSPS) is 10.9. The van der Waals surface area contributed by atoms with Gasteiger partial charge >= 0.3 is 6.61 Å². The quantitative estimate of drug-likeness (QED) is 0.499. The Morgan fingerprint density at radius 1 is 1.00 bits per heavy atom. The van der Waals surface area contributed by atoms with E-state index >= 15 is 0 Å². The fraction of sp³-hybridized carbons (Fsp3) is 0.348. The summed E-state index contributed by atoms with van der Waals surface area (Å²) in [5.74, 6) is 1.19. The molecule has 2 aromatic carbocycles. The van der Waals surface area contributed by atoms with Gasteiger partial charge in [-0.2, -0.15) is 8.78 Å². The lowest BCUT2D eigenvalue weighted by atomic mass is 10.1. The van der Waals surface area contributed by atoms with Crippen LogP contribution in [0, 0.1) is 0 Å². The second-order valence-electron chi connectivity index (χ2n) is 6.31. The van der Waals surface area contributed by atoms with Crippen LogP contribution in [-0.4, -0.2) is 39.4 Å². The summed E-state index contributed by atoms with van der Waals surface area (Å²) in [6.07, 6.45) is 3.56. The highest BCUT2D eigenvalue weighted by Crippen LogP contribution is 2.30. The maximum atomic E-state index is 12.4. The molecule has 0 fully saturated rings. The topological polar surface area (TPSA) is 66.0 Å². The van der Waals surface area contributed by atoms with Gasteiger partial charge in [-0.15, -0.1) is 0 Å². The second kappa shape index (κ2) is 12.4. The molecule has 8 heteroatoms. The zero-order valence-corrected chi connectivity index (χ0v) is 17.8. The van der Waals surface area contributed by atoms with E-state index in [2.05, 4.69) is 10.1 Å². The van der Waals surface area contributed by atoms with Crippen molar-refractivity contribution in [2.75, 3.05) is 26.9 Å². The Morgan fingerprint density at radius 2 is 1.71 bits per heavy atom. The SMILES string of the molecule is CCOc1ccc(CCNC(=O)/C=C/c2ccc(OC(F)F)c(OC)c2)cc1OCC. The molecule has 0 spiro atoms. The van der Waals surface area contributed by atoms with Crippen molar-refractivity contribution < 1.29 is 32.5 Å². The second-order valence-corrected chi connectivity index (χ2v) is 6.31. The first-order valence-corrected chi connectivity index (χ1v) is 9.94. The third-order valence-electron chi connectivity index (χ3n) is 4.15. The Hall–Kier alpha value is -3.29. The Labute approximate surface area is 180 Å². The van der Waals surface area contributed by atoms with Crippen molar-refractivity contribution in [1.29, 1.82) is 0 Å². The molecule has 0 saturated heterocycles. The number of carbonyl (C=O) groups excluding carboxylic acids is 1. The van der Waals surface area contributed by atoms with Gasteiger partial charge in [0.2, 0.25) is 5.91 Å². The molecular formula is C23H27F2NO5. The van der Waals surface area contributed by atoms with E-state index in [4.69, 9.17) is 14.2 Å². The van der Waals surface area contributed by atoms with Crippen molar-refractivity contribution in [2.24, 2.45) is 0 Å². The molecule has 0 atom stereocenters. The molecule has 0 aliphatic rings. The maximum Gasteiger partial charge on any atom is 0.387 e. The van der Waals surface area contributed by atoms with Gasteiger partial charge in [0, 0.05) is 12.6 Å². The average molecular weight is 435 g/mol. The van der Waals surface area contributed by atoms with E-state index in [0.29, 0.717) is 43.2 Å². The van der Waals surface area contributed by atoms with E-state index in [9.17, 15) is 13.6 Å². The first kappa shape index (κ1) is 24.0. The first-order valence-electron chi connectivity index (χ1n) is 9.94. The molecule has 6 nitrogen and oxygen atoms in total. The van der Waals surface area contributed by atoms with Crippen LogP contribution in [0.2, 0.25) is 0 Å². The van der Waals surface area contributed by atoms with Gasteiger partial charge in [-0.1, -0.05) is 12.1 Å². The van der Waals surface area contributed by atoms with E-state index in [0.717, 1.165) is 5.56 Å². The van der Waals surface area contributed by atoms with Crippen LogP contribution in [0.1, 0.15) is 25.0 Å². The number of alkyl halides is 2. The number of nitrogens with one attached hydrogen (secondary N) is 1. The predicted octanol–water partition coefficient (Wildman–Crippen LogP) is 4.47. The molecule has 0 unspecified atom stereocenters. The van der Waals surface area contributed by atoms with Gasteiger partial charge in [-0.25, -0.2) is 0 Å². The molecule has 0 saturated carbocycles. The molecule has 2 rings (SSSR count). The van der Waals surface area contributed by atoms with Gasteiger partial charge in [-0.05, 0) is 61.7 Å². The molecule has 31 heavy (non-hydrogen) atoms. The van der Waals surface area contributed by atoms with E-state index in [1.807, 2.05) is 32.0 Å². The van der Waals surface area contributed by atoms with Gasteiger partial charge in [0.15, 0.2) is 23.0 Å². The summed E-state index contributed by atoms with van der Waals surface area (Å²) in [5, 5.41) is 2.81. The lowest BCUT2D eigenvalue weighted by Gasteiger charge is -2.12. The fourth-order valence-electron chi connectivity index (χ4n) is 2.79. The smallest absolute Gasteiger partial charge is 0.387 e. The van der Waals surface area contributed by atoms with E-state index < -0.39 is 6.61 Å². The Bertz CT molecular complexity index is 886. The van der Waals surface area contributed by atoms with Crippen LogP contribution in [0.5, 0.6) is 23.0 Å². The third-order valence-corrected chi connectivity index (χ3v) is 4.15. The minimum atomic E-state index is -2.94. The van der Waals surface area contributed by atoms with Gasteiger partial charge < -0.3 is 24.3 Å². The Kier molecular flexibility index (Phi) is 9.61. The highest BCUT2D eigenvalue weighted by Gasteiger charge is 2.10. The van der Waals surface area contributed by atoms with E-state index in [1.54, 1.807) is 12.1 Å². The summed E-state index contributed by atoms with van der Waals surface area (Å²) in [7, 11) is 1.35. The molecule has 1 amide bonds. The van der Waals surface area contributed by atoms with Crippen LogP contribution in [0.25, 0.3) is 6.08 Å². The van der Waals surface area contributed by atoms with Crippen molar-refractivity contribution in [2.45, 2.75) is 26.9 Å². The van der Waals surface area contributed by atoms with Crippen LogP contribution >= 0.6 is 0 Å². The molecule has 168 valence electrons. The van der Waals surface area contributed by atoms with Crippen LogP contribution in [0.3, 0.4) is 0 Å². The number of ether oxygens (including phenoxy) is 4. The van der Waals surface area contributed by atoms with E-state index in [1.165, 1.54) is 25.3 Å². The highest BCUT2D eigenvalue weighted by molar-refractivity contribution is 5.91. The van der Waals surface area contributed by atoms with Crippen LogP contribution in [-0.2, 0) is 11.2 Å². The molecule has 0 radical (unpaired) electrons. The first-order chi connectivity index (χ1) is 15.0. The molecule has 1 N–H and O–H groups in total. The lowest BCUT2D eigenvalue weighted by Crippen LogP contribution is -2.23. The number of rotatable bonds is 12. The Balaban J connectivity index is 1.90. The zero-order chi connectivity index (χ0) is 22.6. The standard InChI is InChI=1S/C23H27F2NO5/c1-4-29-18-9-6-17(15-21(18)30-5-2)12-13-26-22(27)11-8-16-7-10-19(31-23(24)25)20(14-16)28-3/h6-11,14-15,23H,4-5,12-13H2,1-3H3,(H,26,27)/b11-8+. The summed E-state index contributed by atoms with van der Waals surface area (Å²) in [6.45, 7) is 2.40. The van der Waals surface area contributed by atoms with Crippen molar-refractivity contribution in [3.05, 3.63) is 53.6 Å². The van der Waals surface area contributed by atoms with Gasteiger partial charge in [0.25, 0.3) is 0 Å². The minimum Gasteiger partial charge on any atom is -0.493 e. The predicted molar refractivity (Wildman–Crippen MR) is 114 cm³/mol. The monoisotopic (exact) mass is 435 g/mol. The van der Waals surface area contributed by atoms with Crippen LogP contribution in [0.15, 0.2) is 42.5 Å². The summed E-state index contributed by atoms with van der Waals surface area (Å²) in [6, 6.07) is 10.1. The summed E-state index contributed by atoms with van der Waals surface area (Å²) < 4.78 is 45.4. The summed E-state index contributed by atoms with van der Waals surface area (Å²) in [5.41, 5.74) is 1.62. The summed E-state index contributed by atoms with van der Waals surface area (Å²) >= 11 is 0. The van der Waals surface area contributed by atoms with Gasteiger partial charge in [-0.3, -0.25) is 4.79 Å². The van der Waals surface area contributed by atoms with Gasteiger partial charge in [0.05, 0.1) is 20.3 Å². The zero-order valence-electron chi connectivity index (χ0n) is 17.8. The molecule has 0 aliphatic carbocycles. The number of hydrogen-bond donors (Lipinski definition) is 1. The maximum absolute atomic E-state index is 12.4. The average Bonchev–Trinajstić information content (AvgIpc) is 2.74. The largest absolute Gasteiger partial charge is 0.493 e. The number of amides is 1. The van der Waals surface area contributed by atoms with Crippen molar-refractivity contribution >= 4 is 12.0 Å². The molecule has 0 heterocycles. The molecule has 0 aromatic heterocycles. The number of hydrogen-bond acceptors (Lipinski definition) is 5. The third kappa shape index (κ3) is 7.81.